The molecule has 3 heteroatoms. The Hall–Kier alpha value is -1.35. The fourth-order valence-electron chi connectivity index (χ4n) is 2.21. The number of benzene rings is 1. The average Bonchev–Trinajstić information content (AvgIpc) is 2.17. The van der Waals surface area contributed by atoms with Crippen molar-refractivity contribution in [2.45, 2.75) is 26.6 Å². The van der Waals surface area contributed by atoms with Gasteiger partial charge in [0.1, 0.15) is 5.58 Å². The maximum Gasteiger partial charge on any atom is 0.339 e. The summed E-state index contributed by atoms with van der Waals surface area (Å²) in [5, 5.41) is 2.32. The maximum absolute atomic E-state index is 11.8. The Bertz CT molecular complexity index is 591. The summed E-state index contributed by atoms with van der Waals surface area (Å²) in [6.07, 6.45) is 0. The van der Waals surface area contributed by atoms with E-state index in [4.69, 9.17) is 4.42 Å². The van der Waals surface area contributed by atoms with Crippen LogP contribution < -0.4 is 10.8 Å². The van der Waals surface area contributed by atoms with Crippen molar-refractivity contribution in [1.29, 1.82) is 0 Å². The molecule has 0 unspecified atom stereocenters. The van der Waals surface area contributed by atoms with Gasteiger partial charge in [-0.2, -0.15) is 0 Å². The number of hydrogen-bond donors (Lipinski definition) is 0. The minimum absolute atomic E-state index is 0.198. The zero-order valence-electron chi connectivity index (χ0n) is 10.1. The van der Waals surface area contributed by atoms with E-state index in [1.165, 1.54) is 5.19 Å². The monoisotopic (exact) mass is 232 g/mol. The second kappa shape index (κ2) is 3.59. The second-order valence-corrected chi connectivity index (χ2v) is 10.1. The molecule has 0 radical (unpaired) electrons. The topological polar surface area (TPSA) is 30.2 Å². The van der Waals surface area contributed by atoms with Gasteiger partial charge in [0.25, 0.3) is 0 Å². The SMILES string of the molecule is Cc1c([Si](C)(C)C)c2ccccc2oc1=O. The summed E-state index contributed by atoms with van der Waals surface area (Å²) in [6, 6.07) is 7.79. The molecule has 16 heavy (non-hydrogen) atoms. The molecule has 0 saturated carbocycles. The van der Waals surface area contributed by atoms with Gasteiger partial charge in [-0.15, -0.1) is 0 Å². The van der Waals surface area contributed by atoms with Gasteiger partial charge in [-0.3, -0.25) is 0 Å². The number of hydrogen-bond acceptors (Lipinski definition) is 2. The quantitative estimate of drug-likeness (QED) is 0.559. The summed E-state index contributed by atoms with van der Waals surface area (Å²) in [5.41, 5.74) is 1.28. The van der Waals surface area contributed by atoms with Crippen LogP contribution in [-0.2, 0) is 0 Å². The van der Waals surface area contributed by atoms with Crippen molar-refractivity contribution >= 4 is 24.2 Å². The molecular formula is C13H16O2Si. The number of fused-ring (bicyclic) bond motifs is 1. The van der Waals surface area contributed by atoms with Crippen LogP contribution in [0.15, 0.2) is 33.5 Å². The summed E-state index contributed by atoms with van der Waals surface area (Å²) in [4.78, 5) is 11.8. The molecule has 0 fully saturated rings. The van der Waals surface area contributed by atoms with Gasteiger partial charge in [0.15, 0.2) is 0 Å². The van der Waals surface area contributed by atoms with E-state index >= 15 is 0 Å². The van der Waals surface area contributed by atoms with Gasteiger partial charge in [-0.25, -0.2) is 4.79 Å². The molecule has 0 aliphatic heterocycles. The Morgan fingerprint density at radius 2 is 1.75 bits per heavy atom. The zero-order chi connectivity index (χ0) is 11.9. The number of rotatable bonds is 1. The van der Waals surface area contributed by atoms with Crippen molar-refractivity contribution in [2.24, 2.45) is 0 Å². The highest BCUT2D eigenvalue weighted by Gasteiger charge is 2.24. The van der Waals surface area contributed by atoms with Gasteiger partial charge in [0.2, 0.25) is 0 Å². The third-order valence-electron chi connectivity index (χ3n) is 2.79. The predicted octanol–water partition coefficient (Wildman–Crippen LogP) is 2.65. The summed E-state index contributed by atoms with van der Waals surface area (Å²) < 4.78 is 5.29. The molecule has 0 N–H and O–H groups in total. The van der Waals surface area contributed by atoms with Crippen LogP contribution in [-0.4, -0.2) is 8.07 Å². The summed E-state index contributed by atoms with van der Waals surface area (Å²) in [5.74, 6) is 0. The van der Waals surface area contributed by atoms with E-state index in [1.54, 1.807) is 0 Å². The number of para-hydroxylation sites is 1. The van der Waals surface area contributed by atoms with Gasteiger partial charge >= 0.3 is 5.63 Å². The normalized spacial score (nSPS) is 12.0. The largest absolute Gasteiger partial charge is 0.423 e. The van der Waals surface area contributed by atoms with Gasteiger partial charge in [0, 0.05) is 10.9 Å². The molecular weight excluding hydrogens is 216 g/mol. The molecule has 0 bridgehead atoms. The lowest BCUT2D eigenvalue weighted by Crippen LogP contribution is -2.42. The van der Waals surface area contributed by atoms with Gasteiger partial charge in [0.05, 0.1) is 8.07 Å². The Balaban J connectivity index is 2.99. The molecule has 0 spiro atoms. The Kier molecular flexibility index (Phi) is 2.50. The van der Waals surface area contributed by atoms with E-state index in [2.05, 4.69) is 19.6 Å². The van der Waals surface area contributed by atoms with Gasteiger partial charge < -0.3 is 4.42 Å². The lowest BCUT2D eigenvalue weighted by atomic mass is 10.2. The minimum Gasteiger partial charge on any atom is -0.423 e. The molecule has 1 aromatic heterocycles. The summed E-state index contributed by atoms with van der Waals surface area (Å²) in [7, 11) is -1.53. The highest BCUT2D eigenvalue weighted by atomic mass is 28.3. The van der Waals surface area contributed by atoms with E-state index in [0.717, 1.165) is 10.9 Å². The lowest BCUT2D eigenvalue weighted by Gasteiger charge is -2.20. The highest BCUT2D eigenvalue weighted by molar-refractivity contribution is 6.90. The van der Waals surface area contributed by atoms with Crippen LogP contribution in [0.3, 0.4) is 0 Å². The molecule has 1 heterocycles. The van der Waals surface area contributed by atoms with Crippen LogP contribution in [0.1, 0.15) is 5.56 Å². The van der Waals surface area contributed by atoms with Crippen LogP contribution in [0, 0.1) is 6.92 Å². The Labute approximate surface area is 95.9 Å². The molecule has 0 aliphatic rings. The van der Waals surface area contributed by atoms with Gasteiger partial charge in [-0.1, -0.05) is 37.8 Å². The zero-order valence-corrected chi connectivity index (χ0v) is 11.1. The summed E-state index contributed by atoms with van der Waals surface area (Å²) >= 11 is 0. The Morgan fingerprint density at radius 3 is 2.38 bits per heavy atom. The smallest absolute Gasteiger partial charge is 0.339 e. The standard InChI is InChI=1S/C13H16O2Si/c1-9-12(16(2,3)4)10-7-5-6-8-11(10)15-13(9)14/h5-8H,1-4H3. The van der Waals surface area contributed by atoms with E-state index in [1.807, 2.05) is 31.2 Å². The second-order valence-electron chi connectivity index (χ2n) is 5.14. The van der Waals surface area contributed by atoms with Crippen molar-refractivity contribution in [3.63, 3.8) is 0 Å². The molecule has 0 amide bonds. The van der Waals surface area contributed by atoms with Crippen LogP contribution >= 0.6 is 0 Å². The average molecular weight is 232 g/mol. The van der Waals surface area contributed by atoms with Crippen molar-refractivity contribution in [3.05, 3.63) is 40.2 Å². The van der Waals surface area contributed by atoms with E-state index in [0.29, 0.717) is 5.58 Å². The molecule has 84 valence electrons. The molecule has 0 saturated heterocycles. The molecule has 2 rings (SSSR count). The molecule has 2 nitrogen and oxygen atoms in total. The third-order valence-corrected chi connectivity index (χ3v) is 4.93. The molecule has 1 aromatic carbocycles. The van der Waals surface area contributed by atoms with E-state index < -0.39 is 8.07 Å². The van der Waals surface area contributed by atoms with Gasteiger partial charge in [-0.05, 0) is 18.2 Å². The van der Waals surface area contributed by atoms with Crippen molar-refractivity contribution < 1.29 is 4.42 Å². The summed E-state index contributed by atoms with van der Waals surface area (Å²) in [6.45, 7) is 8.62. The van der Waals surface area contributed by atoms with Crippen LogP contribution in [0.25, 0.3) is 11.0 Å². The predicted molar refractivity (Wildman–Crippen MR) is 70.2 cm³/mol. The first-order chi connectivity index (χ1) is 7.41. The molecule has 0 atom stereocenters. The van der Waals surface area contributed by atoms with Crippen LogP contribution in [0.5, 0.6) is 0 Å². The van der Waals surface area contributed by atoms with Crippen LogP contribution in [0.2, 0.25) is 19.6 Å². The first kappa shape index (κ1) is 11.1. The fourth-order valence-corrected chi connectivity index (χ4v) is 4.45. The fraction of sp³-hybridized carbons (Fsp3) is 0.308. The maximum atomic E-state index is 11.8. The van der Waals surface area contributed by atoms with E-state index in [-0.39, 0.29) is 5.63 Å². The van der Waals surface area contributed by atoms with Crippen molar-refractivity contribution in [1.82, 2.24) is 0 Å². The Morgan fingerprint density at radius 1 is 1.12 bits per heavy atom. The van der Waals surface area contributed by atoms with Crippen LogP contribution in [0.4, 0.5) is 0 Å². The first-order valence-corrected chi connectivity index (χ1v) is 8.94. The van der Waals surface area contributed by atoms with Crippen molar-refractivity contribution in [3.8, 4) is 0 Å². The highest BCUT2D eigenvalue weighted by Crippen LogP contribution is 2.15. The first-order valence-electron chi connectivity index (χ1n) is 5.44. The molecule has 2 aromatic rings. The van der Waals surface area contributed by atoms with Crippen molar-refractivity contribution in [2.75, 3.05) is 0 Å². The minimum atomic E-state index is -1.53. The molecule has 0 aliphatic carbocycles. The van der Waals surface area contributed by atoms with E-state index in [9.17, 15) is 4.79 Å². The third kappa shape index (κ3) is 1.71. The lowest BCUT2D eigenvalue weighted by molar-refractivity contribution is 0.556.